The molecule has 0 atom stereocenters. The van der Waals surface area contributed by atoms with E-state index in [1.54, 1.807) is 30.5 Å². The zero-order valence-corrected chi connectivity index (χ0v) is 10.3. The van der Waals surface area contributed by atoms with Gasteiger partial charge in [0.1, 0.15) is 11.6 Å². The summed E-state index contributed by atoms with van der Waals surface area (Å²) in [5.74, 6) is -0.608. The lowest BCUT2D eigenvalue weighted by Gasteiger charge is -2.04. The quantitative estimate of drug-likeness (QED) is 0.848. The fraction of sp³-hybridized carbons (Fsp3) is 0.143. The fourth-order valence-electron chi connectivity index (χ4n) is 1.66. The Morgan fingerprint density at radius 2 is 2.00 bits per heavy atom. The highest BCUT2D eigenvalue weighted by Crippen LogP contribution is 2.18. The second-order valence-electron chi connectivity index (χ2n) is 3.93. The molecule has 0 amide bonds. The van der Waals surface area contributed by atoms with E-state index >= 15 is 0 Å². The van der Waals surface area contributed by atoms with Gasteiger partial charge in [0.15, 0.2) is 0 Å². The normalized spacial score (nSPS) is 10.3. The predicted octanol–water partition coefficient (Wildman–Crippen LogP) is 3.23. The van der Waals surface area contributed by atoms with Gasteiger partial charge in [0.2, 0.25) is 0 Å². The molecule has 1 heterocycles. The molecule has 0 aliphatic heterocycles. The molecule has 92 valence electrons. The topological polar surface area (TPSA) is 30.0 Å². The van der Waals surface area contributed by atoms with E-state index < -0.39 is 5.82 Å². The van der Waals surface area contributed by atoms with E-state index in [0.717, 1.165) is 0 Å². The Kier molecular flexibility index (Phi) is 4.05. The number of hydrogen-bond donors (Lipinski definition) is 0. The maximum Gasteiger partial charge on any atom is 0.145 e. The number of benzene rings is 1. The molecule has 0 saturated carbocycles. The smallest absolute Gasteiger partial charge is 0.145 e. The van der Waals surface area contributed by atoms with Crippen LogP contribution in [0.1, 0.15) is 11.3 Å². The average Bonchev–Trinajstić information content (AvgIpc) is 2.36. The summed E-state index contributed by atoms with van der Waals surface area (Å²) in [6.45, 7) is 0. The summed E-state index contributed by atoms with van der Waals surface area (Å²) in [7, 11) is 0. The maximum atomic E-state index is 13.6. The van der Waals surface area contributed by atoms with Crippen LogP contribution in [0.25, 0.3) is 0 Å². The third-order valence-corrected chi connectivity index (χ3v) is 2.82. The van der Waals surface area contributed by atoms with E-state index in [4.69, 9.17) is 11.6 Å². The largest absolute Gasteiger partial charge is 0.299 e. The molecule has 0 spiro atoms. The molecule has 0 fully saturated rings. The van der Waals surface area contributed by atoms with Gasteiger partial charge in [-0.3, -0.25) is 9.78 Å². The summed E-state index contributed by atoms with van der Waals surface area (Å²) in [5, 5.41) is 0.0399. The van der Waals surface area contributed by atoms with E-state index in [9.17, 15) is 9.18 Å². The van der Waals surface area contributed by atoms with Gasteiger partial charge in [-0.2, -0.15) is 0 Å². The van der Waals surface area contributed by atoms with Crippen molar-refractivity contribution in [1.29, 1.82) is 0 Å². The van der Waals surface area contributed by atoms with Crippen LogP contribution in [0.15, 0.2) is 42.6 Å². The summed E-state index contributed by atoms with van der Waals surface area (Å²) >= 11 is 5.66. The zero-order chi connectivity index (χ0) is 13.0. The predicted molar refractivity (Wildman–Crippen MR) is 68.1 cm³/mol. The van der Waals surface area contributed by atoms with Crippen molar-refractivity contribution in [3.8, 4) is 0 Å². The van der Waals surface area contributed by atoms with E-state index in [0.29, 0.717) is 11.3 Å². The number of aromatic nitrogens is 1. The minimum absolute atomic E-state index is 0.0307. The molecular weight excluding hydrogens is 253 g/mol. The van der Waals surface area contributed by atoms with Gasteiger partial charge in [-0.25, -0.2) is 4.39 Å². The van der Waals surface area contributed by atoms with Crippen molar-refractivity contribution in [3.05, 3.63) is 64.7 Å². The van der Waals surface area contributed by atoms with Gasteiger partial charge in [0, 0.05) is 24.7 Å². The monoisotopic (exact) mass is 263 g/mol. The van der Waals surface area contributed by atoms with Crippen LogP contribution in [0.3, 0.4) is 0 Å². The molecule has 18 heavy (non-hydrogen) atoms. The molecule has 2 aromatic rings. The number of carbonyl (C=O) groups excluding carboxylic acids is 1. The molecule has 0 saturated heterocycles. The second-order valence-corrected chi connectivity index (χ2v) is 4.33. The first kappa shape index (κ1) is 12.7. The maximum absolute atomic E-state index is 13.6. The molecule has 0 bridgehead atoms. The van der Waals surface area contributed by atoms with Crippen molar-refractivity contribution in [2.45, 2.75) is 12.8 Å². The van der Waals surface area contributed by atoms with Crippen LogP contribution >= 0.6 is 11.6 Å². The molecule has 0 radical (unpaired) electrons. The van der Waals surface area contributed by atoms with Crippen LogP contribution in [-0.2, 0) is 17.6 Å². The summed E-state index contributed by atoms with van der Waals surface area (Å²) in [6, 6.07) is 10.0. The summed E-state index contributed by atoms with van der Waals surface area (Å²) in [5.41, 5.74) is 1.01. The molecule has 4 heteroatoms. The van der Waals surface area contributed by atoms with E-state index in [2.05, 4.69) is 4.98 Å². The highest BCUT2D eigenvalue weighted by Gasteiger charge is 2.11. The van der Waals surface area contributed by atoms with Crippen molar-refractivity contribution < 1.29 is 9.18 Å². The molecule has 0 unspecified atom stereocenters. The van der Waals surface area contributed by atoms with Crippen LogP contribution in [0.2, 0.25) is 5.02 Å². The number of pyridine rings is 1. The lowest BCUT2D eigenvalue weighted by Crippen LogP contribution is -2.09. The van der Waals surface area contributed by atoms with Crippen LogP contribution in [-0.4, -0.2) is 10.8 Å². The first-order chi connectivity index (χ1) is 8.66. The minimum Gasteiger partial charge on any atom is -0.299 e. The summed E-state index contributed by atoms with van der Waals surface area (Å²) in [6.07, 6.45) is 1.86. The highest BCUT2D eigenvalue weighted by molar-refractivity contribution is 6.30. The van der Waals surface area contributed by atoms with Crippen LogP contribution in [0.4, 0.5) is 4.39 Å². The number of ketones is 1. The number of hydrogen-bond acceptors (Lipinski definition) is 2. The van der Waals surface area contributed by atoms with Crippen molar-refractivity contribution in [2.75, 3.05) is 0 Å². The molecule has 2 nitrogen and oxygen atoms in total. The summed E-state index contributed by atoms with van der Waals surface area (Å²) < 4.78 is 13.6. The van der Waals surface area contributed by atoms with Gasteiger partial charge >= 0.3 is 0 Å². The van der Waals surface area contributed by atoms with E-state index in [1.807, 2.05) is 6.07 Å². The van der Waals surface area contributed by atoms with Gasteiger partial charge in [-0.05, 0) is 23.8 Å². The molecular formula is C14H11ClFNO. The van der Waals surface area contributed by atoms with Gasteiger partial charge in [0.25, 0.3) is 0 Å². The number of Topliss-reactive ketones (excluding diaryl/α,β-unsaturated/α-hetero) is 1. The van der Waals surface area contributed by atoms with Crippen molar-refractivity contribution >= 4 is 17.4 Å². The van der Waals surface area contributed by atoms with Crippen LogP contribution in [0.5, 0.6) is 0 Å². The standard InChI is InChI=1S/C14H11ClFNO/c15-13-6-3-4-10(14(13)16)8-12(18)9-11-5-1-2-7-17-11/h1-7H,8-9H2. The van der Waals surface area contributed by atoms with E-state index in [1.165, 1.54) is 6.07 Å². The molecule has 0 aliphatic carbocycles. The third kappa shape index (κ3) is 3.14. The van der Waals surface area contributed by atoms with Crippen LogP contribution in [0, 0.1) is 5.82 Å². The lowest BCUT2D eigenvalue weighted by molar-refractivity contribution is -0.117. The molecule has 2 rings (SSSR count). The van der Waals surface area contributed by atoms with Crippen molar-refractivity contribution in [3.63, 3.8) is 0 Å². The third-order valence-electron chi connectivity index (χ3n) is 2.52. The zero-order valence-electron chi connectivity index (χ0n) is 9.57. The van der Waals surface area contributed by atoms with Gasteiger partial charge < -0.3 is 0 Å². The SMILES string of the molecule is O=C(Cc1ccccn1)Cc1cccc(Cl)c1F. The Balaban J connectivity index is 2.06. The van der Waals surface area contributed by atoms with Gasteiger partial charge in [-0.15, -0.1) is 0 Å². The van der Waals surface area contributed by atoms with Crippen molar-refractivity contribution in [1.82, 2.24) is 4.98 Å². The Morgan fingerprint density at radius 1 is 1.17 bits per heavy atom. The Labute approximate surface area is 109 Å². The Morgan fingerprint density at radius 3 is 2.72 bits per heavy atom. The molecule has 1 aromatic heterocycles. The minimum atomic E-state index is -0.520. The first-order valence-corrected chi connectivity index (χ1v) is 5.89. The Bertz CT molecular complexity index is 557. The highest BCUT2D eigenvalue weighted by atomic mass is 35.5. The van der Waals surface area contributed by atoms with Crippen molar-refractivity contribution in [2.24, 2.45) is 0 Å². The number of nitrogens with zero attached hydrogens (tertiary/aromatic N) is 1. The lowest BCUT2D eigenvalue weighted by atomic mass is 10.0. The van der Waals surface area contributed by atoms with Crippen LogP contribution < -0.4 is 0 Å². The Hall–Kier alpha value is -1.74. The number of carbonyl (C=O) groups is 1. The average molecular weight is 264 g/mol. The first-order valence-electron chi connectivity index (χ1n) is 5.51. The fourth-order valence-corrected chi connectivity index (χ4v) is 1.86. The van der Waals surface area contributed by atoms with E-state index in [-0.39, 0.29) is 23.6 Å². The van der Waals surface area contributed by atoms with Gasteiger partial charge in [0.05, 0.1) is 5.02 Å². The summed E-state index contributed by atoms with van der Waals surface area (Å²) in [4.78, 5) is 15.9. The number of halogens is 2. The molecule has 0 aliphatic rings. The second kappa shape index (κ2) is 5.74. The molecule has 0 N–H and O–H groups in total. The number of rotatable bonds is 4. The van der Waals surface area contributed by atoms with Gasteiger partial charge in [-0.1, -0.05) is 29.8 Å². The molecule has 1 aromatic carbocycles.